The van der Waals surface area contributed by atoms with Gasteiger partial charge in [0.1, 0.15) is 11.4 Å². The Morgan fingerprint density at radius 2 is 1.79 bits per heavy atom. The second-order valence-corrected chi connectivity index (χ2v) is 6.31. The van der Waals surface area contributed by atoms with Crippen molar-refractivity contribution in [1.29, 1.82) is 0 Å². The molecule has 1 N–H and O–H groups in total. The molecule has 2 nitrogen and oxygen atoms in total. The zero-order valence-electron chi connectivity index (χ0n) is 11.8. The molecule has 0 bridgehead atoms. The molecule has 1 aliphatic heterocycles. The molecule has 0 unspecified atom stereocenters. The van der Waals surface area contributed by atoms with Crippen LogP contribution < -0.4 is 4.74 Å². The average Bonchev–Trinajstić information content (AvgIpc) is 2.36. The molecule has 2 aliphatic rings. The molecule has 0 amide bonds. The SMILES string of the molecule is Cc1ccc2c(c1)[C@@H](O)CC1(CCCCCCC1)O2. The minimum Gasteiger partial charge on any atom is -0.487 e. The molecule has 0 radical (unpaired) electrons. The smallest absolute Gasteiger partial charge is 0.125 e. The Balaban J connectivity index is 1.88. The first kappa shape index (κ1) is 13.0. The Bertz CT molecular complexity index is 445. The van der Waals surface area contributed by atoms with Gasteiger partial charge in [0.05, 0.1) is 6.10 Å². The number of rotatable bonds is 0. The van der Waals surface area contributed by atoms with Crippen LogP contribution in [0.5, 0.6) is 5.75 Å². The highest BCUT2D eigenvalue weighted by atomic mass is 16.5. The number of hydrogen-bond acceptors (Lipinski definition) is 2. The van der Waals surface area contributed by atoms with Crippen molar-refractivity contribution in [2.45, 2.75) is 70.0 Å². The molecule has 1 fully saturated rings. The third-order valence-corrected chi connectivity index (χ3v) is 4.68. The molecule has 1 aromatic carbocycles. The number of hydrogen-bond donors (Lipinski definition) is 1. The van der Waals surface area contributed by atoms with Crippen LogP contribution in [0.25, 0.3) is 0 Å². The van der Waals surface area contributed by atoms with Gasteiger partial charge in [-0.3, -0.25) is 0 Å². The number of benzene rings is 1. The molecule has 0 saturated heterocycles. The van der Waals surface area contributed by atoms with Crippen LogP contribution in [0.4, 0.5) is 0 Å². The number of aryl methyl sites for hydroxylation is 1. The first-order chi connectivity index (χ1) is 9.19. The van der Waals surface area contributed by atoms with Crippen molar-refractivity contribution in [1.82, 2.24) is 0 Å². The Hall–Kier alpha value is -1.02. The topological polar surface area (TPSA) is 29.5 Å². The highest BCUT2D eigenvalue weighted by Crippen LogP contribution is 2.45. The maximum absolute atomic E-state index is 10.5. The lowest BCUT2D eigenvalue weighted by Gasteiger charge is -2.42. The van der Waals surface area contributed by atoms with Crippen LogP contribution in [0.3, 0.4) is 0 Å². The van der Waals surface area contributed by atoms with E-state index in [0.717, 1.165) is 30.6 Å². The standard InChI is InChI=1S/C17H24O2/c1-13-7-8-16-14(11-13)15(18)12-17(19-16)9-5-3-2-4-6-10-17/h7-8,11,15,18H,2-6,9-10,12H2,1H3/t15-/m0/s1. The molecule has 1 aliphatic carbocycles. The van der Waals surface area contributed by atoms with E-state index >= 15 is 0 Å². The summed E-state index contributed by atoms with van der Waals surface area (Å²) in [6.45, 7) is 2.06. The second-order valence-electron chi connectivity index (χ2n) is 6.31. The van der Waals surface area contributed by atoms with Crippen LogP contribution in [0.15, 0.2) is 18.2 Å². The summed E-state index contributed by atoms with van der Waals surface area (Å²) in [6, 6.07) is 6.18. The van der Waals surface area contributed by atoms with Crippen molar-refractivity contribution in [3.05, 3.63) is 29.3 Å². The third kappa shape index (κ3) is 2.64. The fraction of sp³-hybridized carbons (Fsp3) is 0.647. The quantitative estimate of drug-likeness (QED) is 0.754. The van der Waals surface area contributed by atoms with E-state index in [1.807, 2.05) is 6.07 Å². The van der Waals surface area contributed by atoms with Crippen molar-refractivity contribution >= 4 is 0 Å². The highest BCUT2D eigenvalue weighted by molar-refractivity contribution is 5.40. The molecule has 1 aromatic rings. The van der Waals surface area contributed by atoms with Crippen molar-refractivity contribution in [3.8, 4) is 5.75 Å². The molecule has 104 valence electrons. The van der Waals surface area contributed by atoms with Gasteiger partial charge < -0.3 is 9.84 Å². The number of aliphatic hydroxyl groups is 1. The van der Waals surface area contributed by atoms with Crippen molar-refractivity contribution in [3.63, 3.8) is 0 Å². The molecule has 1 spiro atoms. The van der Waals surface area contributed by atoms with Gasteiger partial charge in [0, 0.05) is 12.0 Å². The van der Waals surface area contributed by atoms with Gasteiger partial charge >= 0.3 is 0 Å². The maximum atomic E-state index is 10.5. The molecular formula is C17H24O2. The van der Waals surface area contributed by atoms with Gasteiger partial charge in [0.25, 0.3) is 0 Å². The predicted molar refractivity (Wildman–Crippen MR) is 76.4 cm³/mol. The zero-order chi connectivity index (χ0) is 13.3. The molecule has 1 atom stereocenters. The first-order valence-corrected chi connectivity index (χ1v) is 7.66. The summed E-state index contributed by atoms with van der Waals surface area (Å²) in [4.78, 5) is 0. The molecule has 2 heteroatoms. The summed E-state index contributed by atoms with van der Waals surface area (Å²) in [6.07, 6.45) is 9.03. The van der Waals surface area contributed by atoms with Crippen molar-refractivity contribution in [2.75, 3.05) is 0 Å². The molecule has 1 saturated carbocycles. The second kappa shape index (κ2) is 5.16. The highest BCUT2D eigenvalue weighted by Gasteiger charge is 2.40. The van der Waals surface area contributed by atoms with E-state index in [0.29, 0.717) is 0 Å². The number of fused-ring (bicyclic) bond motifs is 1. The zero-order valence-corrected chi connectivity index (χ0v) is 11.8. The van der Waals surface area contributed by atoms with E-state index in [1.54, 1.807) is 0 Å². The Morgan fingerprint density at radius 3 is 2.53 bits per heavy atom. The van der Waals surface area contributed by atoms with Crippen LogP contribution >= 0.6 is 0 Å². The number of aliphatic hydroxyl groups excluding tert-OH is 1. The first-order valence-electron chi connectivity index (χ1n) is 7.66. The fourth-order valence-corrected chi connectivity index (χ4v) is 3.61. The minimum absolute atomic E-state index is 0.109. The summed E-state index contributed by atoms with van der Waals surface area (Å²) >= 11 is 0. The molecule has 0 aromatic heterocycles. The van der Waals surface area contributed by atoms with Crippen LogP contribution in [0.1, 0.15) is 68.6 Å². The maximum Gasteiger partial charge on any atom is 0.125 e. The lowest BCUT2D eigenvalue weighted by Crippen LogP contribution is -2.41. The average molecular weight is 260 g/mol. The van der Waals surface area contributed by atoms with Gasteiger partial charge in [-0.1, -0.05) is 30.9 Å². The molecular weight excluding hydrogens is 236 g/mol. The molecule has 19 heavy (non-hydrogen) atoms. The van der Waals surface area contributed by atoms with Crippen molar-refractivity contribution in [2.24, 2.45) is 0 Å². The van der Waals surface area contributed by atoms with Crippen LogP contribution in [-0.2, 0) is 0 Å². The van der Waals surface area contributed by atoms with E-state index < -0.39 is 0 Å². The van der Waals surface area contributed by atoms with Gasteiger partial charge in [0.15, 0.2) is 0 Å². The summed E-state index contributed by atoms with van der Waals surface area (Å²) in [5.41, 5.74) is 2.06. The number of ether oxygens (including phenoxy) is 1. The van der Waals surface area contributed by atoms with E-state index in [9.17, 15) is 5.11 Å². The minimum atomic E-state index is -0.358. The van der Waals surface area contributed by atoms with E-state index in [4.69, 9.17) is 4.74 Å². The monoisotopic (exact) mass is 260 g/mol. The van der Waals surface area contributed by atoms with E-state index in [1.165, 1.54) is 37.7 Å². The summed E-state index contributed by atoms with van der Waals surface area (Å²) < 4.78 is 6.36. The van der Waals surface area contributed by atoms with Crippen LogP contribution in [-0.4, -0.2) is 10.7 Å². The van der Waals surface area contributed by atoms with E-state index in [2.05, 4.69) is 19.1 Å². The van der Waals surface area contributed by atoms with Gasteiger partial charge in [-0.2, -0.15) is 0 Å². The summed E-state index contributed by atoms with van der Waals surface area (Å²) in [5.74, 6) is 0.907. The lowest BCUT2D eigenvalue weighted by molar-refractivity contribution is -0.0312. The fourth-order valence-electron chi connectivity index (χ4n) is 3.61. The normalized spacial score (nSPS) is 26.1. The Morgan fingerprint density at radius 1 is 1.11 bits per heavy atom. The van der Waals surface area contributed by atoms with Crippen LogP contribution in [0.2, 0.25) is 0 Å². The van der Waals surface area contributed by atoms with Gasteiger partial charge in [0.2, 0.25) is 0 Å². The Labute approximate surface area is 115 Å². The largest absolute Gasteiger partial charge is 0.487 e. The third-order valence-electron chi connectivity index (χ3n) is 4.68. The van der Waals surface area contributed by atoms with Gasteiger partial charge in [-0.25, -0.2) is 0 Å². The predicted octanol–water partition coefficient (Wildman–Crippen LogP) is 4.29. The summed E-state index contributed by atoms with van der Waals surface area (Å²) in [7, 11) is 0. The Kier molecular flexibility index (Phi) is 3.53. The summed E-state index contributed by atoms with van der Waals surface area (Å²) in [5, 5.41) is 10.5. The molecule has 1 heterocycles. The van der Waals surface area contributed by atoms with Gasteiger partial charge in [-0.15, -0.1) is 0 Å². The lowest BCUT2D eigenvalue weighted by atomic mass is 9.79. The van der Waals surface area contributed by atoms with Crippen LogP contribution in [0, 0.1) is 6.92 Å². The van der Waals surface area contributed by atoms with E-state index in [-0.39, 0.29) is 11.7 Å². The molecule has 3 rings (SSSR count). The van der Waals surface area contributed by atoms with Gasteiger partial charge in [-0.05, 0) is 44.7 Å². The van der Waals surface area contributed by atoms with Crippen molar-refractivity contribution < 1.29 is 9.84 Å².